The van der Waals surface area contributed by atoms with Crippen LogP contribution in [-0.2, 0) is 43.6 Å². The van der Waals surface area contributed by atoms with Gasteiger partial charge in [-0.15, -0.1) is 0 Å². The van der Waals surface area contributed by atoms with Gasteiger partial charge in [-0.2, -0.15) is 0 Å². The molecule has 10 nitrogen and oxygen atoms in total. The number of rotatable bonds is 10. The molecule has 11 heteroatoms. The first kappa shape index (κ1) is 34.7. The molecule has 2 aliphatic rings. The van der Waals surface area contributed by atoms with Gasteiger partial charge in [-0.05, 0) is 134 Å². The summed E-state index contributed by atoms with van der Waals surface area (Å²) in [4.78, 5) is 29.6. The van der Waals surface area contributed by atoms with E-state index in [2.05, 4.69) is 19.2 Å². The summed E-state index contributed by atoms with van der Waals surface area (Å²) in [7, 11) is -3.89. The summed E-state index contributed by atoms with van der Waals surface area (Å²) >= 11 is 0. The predicted molar refractivity (Wildman–Crippen MR) is 175 cm³/mol. The van der Waals surface area contributed by atoms with E-state index in [4.69, 9.17) is 20.2 Å². The van der Waals surface area contributed by atoms with Crippen molar-refractivity contribution in [1.29, 1.82) is 0 Å². The molecule has 4 rings (SSSR count). The number of aryl methyl sites for hydroxylation is 2. The minimum absolute atomic E-state index is 0.0120. The van der Waals surface area contributed by atoms with Crippen LogP contribution in [0.1, 0.15) is 100 Å². The van der Waals surface area contributed by atoms with Crippen molar-refractivity contribution < 1.29 is 27.5 Å². The van der Waals surface area contributed by atoms with Crippen molar-refractivity contribution in [1.82, 2.24) is 10.3 Å². The van der Waals surface area contributed by atoms with Crippen LogP contribution in [0.25, 0.3) is 0 Å². The zero-order chi connectivity index (χ0) is 33.3. The Morgan fingerprint density at radius 1 is 1.11 bits per heavy atom. The maximum absolute atomic E-state index is 14.4. The van der Waals surface area contributed by atoms with Gasteiger partial charge >= 0.3 is 5.97 Å². The number of nitrogens with zero attached hydrogens (tertiary/aromatic N) is 2. The minimum atomic E-state index is -3.89. The lowest BCUT2D eigenvalue weighted by molar-refractivity contribution is -0.156. The van der Waals surface area contributed by atoms with Crippen LogP contribution in [0, 0.1) is 20.8 Å². The summed E-state index contributed by atoms with van der Waals surface area (Å²) in [5.41, 5.74) is 9.96. The number of hydrogen-bond acceptors (Lipinski definition) is 8. The molecule has 0 spiro atoms. The molecule has 45 heavy (non-hydrogen) atoms. The molecule has 0 fully saturated rings. The second-order valence-corrected chi connectivity index (χ2v) is 15.8. The first-order valence-electron chi connectivity index (χ1n) is 16.0. The van der Waals surface area contributed by atoms with Crippen LogP contribution in [-0.4, -0.2) is 55.6 Å². The van der Waals surface area contributed by atoms with Crippen molar-refractivity contribution in [2.24, 2.45) is 5.73 Å². The van der Waals surface area contributed by atoms with Crippen molar-refractivity contribution in [3.05, 3.63) is 45.6 Å². The van der Waals surface area contributed by atoms with E-state index >= 15 is 0 Å². The van der Waals surface area contributed by atoms with Gasteiger partial charge in [0.2, 0.25) is 5.91 Å². The number of esters is 1. The highest BCUT2D eigenvalue weighted by molar-refractivity contribution is 7.93. The third kappa shape index (κ3) is 7.98. The molecule has 0 saturated heterocycles. The molecule has 1 amide bonds. The SMILES string of the molecule is Cc1c(C)c(S(=O)(=O)N2CCCc3ccc(CCCCC(=O)NCC(N)C(=O)OC(C)(C)C)nc32)c(C)c2c1OC(C)(C)CC2. The second-order valence-electron chi connectivity index (χ2n) is 14.0. The van der Waals surface area contributed by atoms with Gasteiger partial charge < -0.3 is 20.5 Å². The van der Waals surface area contributed by atoms with E-state index in [9.17, 15) is 18.0 Å². The zero-order valence-electron chi connectivity index (χ0n) is 28.1. The number of nitrogens with one attached hydrogen (secondary N) is 1. The Bertz CT molecular complexity index is 1560. The molecule has 1 atom stereocenters. The molecule has 2 aliphatic heterocycles. The smallest absolute Gasteiger partial charge is 0.325 e. The third-order valence-corrected chi connectivity index (χ3v) is 10.7. The molecule has 1 aromatic carbocycles. The van der Waals surface area contributed by atoms with Crippen molar-refractivity contribution >= 4 is 27.7 Å². The zero-order valence-corrected chi connectivity index (χ0v) is 28.9. The average molecular weight is 643 g/mol. The molecule has 0 radical (unpaired) electrons. The highest BCUT2D eigenvalue weighted by atomic mass is 32.2. The number of fused-ring (bicyclic) bond motifs is 2. The number of amides is 1. The maximum atomic E-state index is 14.4. The van der Waals surface area contributed by atoms with Crippen molar-refractivity contribution in [3.8, 4) is 5.75 Å². The molecule has 3 N–H and O–H groups in total. The molecule has 1 aromatic heterocycles. The largest absolute Gasteiger partial charge is 0.487 e. The van der Waals surface area contributed by atoms with Crippen LogP contribution in [0.15, 0.2) is 17.0 Å². The number of sulfonamides is 1. The molecule has 1 unspecified atom stereocenters. The average Bonchev–Trinajstić information content (AvgIpc) is 2.95. The van der Waals surface area contributed by atoms with Crippen LogP contribution >= 0.6 is 0 Å². The lowest BCUT2D eigenvalue weighted by Crippen LogP contribution is -2.45. The Morgan fingerprint density at radius 2 is 1.82 bits per heavy atom. The maximum Gasteiger partial charge on any atom is 0.325 e. The number of hydrogen-bond donors (Lipinski definition) is 2. The molecular weight excluding hydrogens is 592 g/mol. The normalized spacial score (nSPS) is 16.7. The minimum Gasteiger partial charge on any atom is -0.487 e. The topological polar surface area (TPSA) is 141 Å². The number of nitrogens with two attached hydrogens (primary N) is 1. The first-order chi connectivity index (χ1) is 20.9. The van der Waals surface area contributed by atoms with Gasteiger partial charge in [-0.1, -0.05) is 6.07 Å². The number of carbonyl (C=O) groups excluding carboxylic acids is 2. The van der Waals surface area contributed by atoms with E-state index in [-0.39, 0.29) is 24.5 Å². The molecule has 248 valence electrons. The molecular formula is C34H50N4O6S. The summed E-state index contributed by atoms with van der Waals surface area (Å²) in [6.07, 6.45) is 5.28. The van der Waals surface area contributed by atoms with Crippen LogP contribution in [0.3, 0.4) is 0 Å². The molecule has 0 saturated carbocycles. The van der Waals surface area contributed by atoms with E-state index in [0.29, 0.717) is 36.5 Å². The van der Waals surface area contributed by atoms with Crippen molar-refractivity contribution in [2.75, 3.05) is 17.4 Å². The fraction of sp³-hybridized carbons (Fsp3) is 0.618. The fourth-order valence-electron chi connectivity index (χ4n) is 6.03. The van der Waals surface area contributed by atoms with E-state index in [1.165, 1.54) is 4.31 Å². The van der Waals surface area contributed by atoms with Crippen LogP contribution in [0.5, 0.6) is 5.75 Å². The van der Waals surface area contributed by atoms with Crippen molar-refractivity contribution in [2.45, 2.75) is 129 Å². The van der Waals surface area contributed by atoms with E-state index in [0.717, 1.165) is 64.9 Å². The van der Waals surface area contributed by atoms with E-state index < -0.39 is 27.6 Å². The van der Waals surface area contributed by atoms with Crippen LogP contribution < -0.4 is 20.1 Å². The van der Waals surface area contributed by atoms with Gasteiger partial charge in [0.05, 0.1) is 4.90 Å². The summed E-state index contributed by atoms with van der Waals surface area (Å²) in [6, 6.07) is 3.01. The molecule has 2 aromatic rings. The van der Waals surface area contributed by atoms with Crippen LogP contribution in [0.4, 0.5) is 5.82 Å². The molecule has 0 aliphatic carbocycles. The number of ether oxygens (including phenoxy) is 2. The van der Waals surface area contributed by atoms with Gasteiger partial charge in [0.25, 0.3) is 10.0 Å². The number of carbonyl (C=O) groups is 2. The number of unbranched alkanes of at least 4 members (excludes halogenated alkanes) is 1. The van der Waals surface area contributed by atoms with Gasteiger partial charge in [-0.25, -0.2) is 17.7 Å². The highest BCUT2D eigenvalue weighted by Gasteiger charge is 2.37. The Labute approximate surface area is 268 Å². The summed E-state index contributed by atoms with van der Waals surface area (Å²) in [6.45, 7) is 15.5. The van der Waals surface area contributed by atoms with E-state index in [1.807, 2.05) is 32.9 Å². The van der Waals surface area contributed by atoms with Crippen molar-refractivity contribution in [3.63, 3.8) is 0 Å². The highest BCUT2D eigenvalue weighted by Crippen LogP contribution is 2.43. The fourth-order valence-corrected chi connectivity index (χ4v) is 8.06. The second kappa shape index (κ2) is 13.3. The Hall–Kier alpha value is -3.18. The molecule has 0 bridgehead atoms. The number of pyridine rings is 1. The summed E-state index contributed by atoms with van der Waals surface area (Å²) < 4.78 is 41.9. The lowest BCUT2D eigenvalue weighted by atomic mass is 9.88. The summed E-state index contributed by atoms with van der Waals surface area (Å²) in [5, 5.41) is 2.70. The number of anilines is 1. The standard InChI is InChI=1S/C34H50N4O6S/c1-21-22(2)30(23(3)26-17-18-34(7,8)43-29(21)26)45(41,42)38-19-11-12-24-15-16-25(37-31(24)38)13-9-10-14-28(39)36-20-27(35)32(40)44-33(4,5)6/h15-16,27H,9-14,17-20,35H2,1-8H3,(H,36,39). The third-order valence-electron chi connectivity index (χ3n) is 8.59. The monoisotopic (exact) mass is 642 g/mol. The van der Waals surface area contributed by atoms with Gasteiger partial charge in [0.1, 0.15) is 28.8 Å². The van der Waals surface area contributed by atoms with Gasteiger partial charge in [0, 0.05) is 25.2 Å². The van der Waals surface area contributed by atoms with Gasteiger partial charge in [0.15, 0.2) is 0 Å². The first-order valence-corrected chi connectivity index (χ1v) is 17.4. The number of aromatic nitrogens is 1. The van der Waals surface area contributed by atoms with Gasteiger partial charge in [-0.3, -0.25) is 9.59 Å². The Morgan fingerprint density at radius 3 is 2.51 bits per heavy atom. The van der Waals surface area contributed by atoms with E-state index in [1.54, 1.807) is 20.8 Å². The Balaban J connectivity index is 1.43. The quantitative estimate of drug-likeness (QED) is 0.280. The number of benzene rings is 1. The van der Waals surface area contributed by atoms with Crippen LogP contribution in [0.2, 0.25) is 0 Å². The predicted octanol–water partition coefficient (Wildman–Crippen LogP) is 4.75. The molecule has 3 heterocycles. The Kier molecular flexibility index (Phi) is 10.2. The summed E-state index contributed by atoms with van der Waals surface area (Å²) in [5.74, 6) is 0.575. The lowest BCUT2D eigenvalue weighted by Gasteiger charge is -2.36.